The molecule has 0 radical (unpaired) electrons. The molecule has 0 bridgehead atoms. The lowest BCUT2D eigenvalue weighted by Gasteiger charge is -2.32. The van der Waals surface area contributed by atoms with E-state index in [1.165, 1.54) is 0 Å². The molecule has 5 nitrogen and oxygen atoms in total. The summed E-state index contributed by atoms with van der Waals surface area (Å²) in [6.07, 6.45) is -0.223. The molecule has 0 aliphatic heterocycles. The highest BCUT2D eigenvalue weighted by molar-refractivity contribution is 7.90. The van der Waals surface area contributed by atoms with Gasteiger partial charge < -0.3 is 5.11 Å². The van der Waals surface area contributed by atoms with Crippen LogP contribution < -0.4 is 4.72 Å². The van der Waals surface area contributed by atoms with Crippen LogP contribution in [0.1, 0.15) is 48.0 Å². The van der Waals surface area contributed by atoms with Crippen LogP contribution in [0.25, 0.3) is 0 Å². The molecule has 0 saturated heterocycles. The van der Waals surface area contributed by atoms with E-state index in [0.717, 1.165) is 0 Å². The Bertz CT molecular complexity index is 373. The Balaban J connectivity index is 5.09. The molecule has 0 aromatic carbocycles. The minimum Gasteiger partial charge on any atom is -0.481 e. The normalized spacial score (nSPS) is 15.6. The van der Waals surface area contributed by atoms with Gasteiger partial charge in [-0.2, -0.15) is 0 Å². The maximum atomic E-state index is 12.0. The zero-order valence-electron chi connectivity index (χ0n) is 11.4. The molecular formula is C11H23NO4S. The second kappa shape index (κ2) is 4.94. The highest BCUT2D eigenvalue weighted by Gasteiger charge is 2.36. The third-order valence-electron chi connectivity index (χ3n) is 2.53. The summed E-state index contributed by atoms with van der Waals surface area (Å²) in [5, 5.41) is 8.81. The van der Waals surface area contributed by atoms with Gasteiger partial charge in [0.05, 0.1) is 11.2 Å². The summed E-state index contributed by atoms with van der Waals surface area (Å²) in [4.78, 5) is 10.8. The largest absolute Gasteiger partial charge is 0.481 e. The van der Waals surface area contributed by atoms with Crippen molar-refractivity contribution in [2.75, 3.05) is 0 Å². The molecular weight excluding hydrogens is 242 g/mol. The fourth-order valence-electron chi connectivity index (χ4n) is 1.06. The highest BCUT2D eigenvalue weighted by atomic mass is 32.2. The molecule has 102 valence electrons. The lowest BCUT2D eigenvalue weighted by molar-refractivity contribution is -0.138. The highest BCUT2D eigenvalue weighted by Crippen LogP contribution is 2.25. The number of hydrogen-bond acceptors (Lipinski definition) is 3. The van der Waals surface area contributed by atoms with Crippen LogP contribution in [0.2, 0.25) is 0 Å². The van der Waals surface area contributed by atoms with Crippen molar-refractivity contribution in [2.45, 2.75) is 58.8 Å². The third kappa shape index (κ3) is 5.04. The predicted molar refractivity (Wildman–Crippen MR) is 67.3 cm³/mol. The van der Waals surface area contributed by atoms with Crippen LogP contribution in [-0.2, 0) is 14.8 Å². The smallest absolute Gasteiger partial charge is 0.304 e. The average molecular weight is 265 g/mol. The van der Waals surface area contributed by atoms with Crippen molar-refractivity contribution in [3.8, 4) is 0 Å². The molecule has 0 amide bonds. The van der Waals surface area contributed by atoms with Gasteiger partial charge in [0.2, 0.25) is 10.0 Å². The Morgan fingerprint density at radius 3 is 1.82 bits per heavy atom. The fourth-order valence-corrected chi connectivity index (χ4v) is 2.23. The molecule has 0 unspecified atom stereocenters. The van der Waals surface area contributed by atoms with E-state index in [2.05, 4.69) is 4.72 Å². The maximum absolute atomic E-state index is 12.0. The quantitative estimate of drug-likeness (QED) is 0.808. The van der Waals surface area contributed by atoms with Gasteiger partial charge in [-0.15, -0.1) is 0 Å². The summed E-state index contributed by atoms with van der Waals surface area (Å²) in [5.41, 5.74) is -0.448. The molecule has 0 rings (SSSR count). The van der Waals surface area contributed by atoms with Crippen LogP contribution >= 0.6 is 0 Å². The molecule has 0 aromatic rings. The second-order valence-electron chi connectivity index (χ2n) is 6.25. The van der Waals surface area contributed by atoms with Crippen molar-refractivity contribution in [1.29, 1.82) is 0 Å². The number of nitrogens with one attached hydrogen (secondary N) is 1. The minimum absolute atomic E-state index is 0.223. The molecule has 0 spiro atoms. The first-order chi connectivity index (χ1) is 7.27. The summed E-state index contributed by atoms with van der Waals surface area (Å²) in [5.74, 6) is -1.01. The van der Waals surface area contributed by atoms with E-state index in [-0.39, 0.29) is 6.42 Å². The molecule has 0 heterocycles. The number of aliphatic carboxylic acids is 1. The zero-order valence-corrected chi connectivity index (χ0v) is 12.2. The Labute approximate surface area is 104 Å². The summed E-state index contributed by atoms with van der Waals surface area (Å²) in [7, 11) is -3.54. The van der Waals surface area contributed by atoms with Gasteiger partial charge in [-0.3, -0.25) is 4.79 Å². The Morgan fingerprint density at radius 1 is 1.18 bits per heavy atom. The first-order valence-corrected chi connectivity index (χ1v) is 6.99. The van der Waals surface area contributed by atoms with Crippen molar-refractivity contribution < 1.29 is 18.3 Å². The van der Waals surface area contributed by atoms with E-state index < -0.39 is 32.2 Å². The summed E-state index contributed by atoms with van der Waals surface area (Å²) in [6, 6.07) is -0.621. The first kappa shape index (κ1) is 16.4. The number of carboxylic acids is 1. The summed E-state index contributed by atoms with van der Waals surface area (Å²) < 4.78 is 25.5. The first-order valence-electron chi connectivity index (χ1n) is 5.51. The van der Waals surface area contributed by atoms with Crippen LogP contribution in [0.4, 0.5) is 0 Å². The number of sulfonamides is 1. The molecule has 0 aliphatic carbocycles. The molecule has 0 aliphatic rings. The van der Waals surface area contributed by atoms with E-state index in [0.29, 0.717) is 0 Å². The van der Waals surface area contributed by atoms with E-state index in [9.17, 15) is 13.2 Å². The second-order valence-corrected chi connectivity index (χ2v) is 8.72. The van der Waals surface area contributed by atoms with Crippen LogP contribution in [0.5, 0.6) is 0 Å². The van der Waals surface area contributed by atoms with Crippen LogP contribution in [0, 0.1) is 5.41 Å². The fraction of sp³-hybridized carbons (Fsp3) is 0.909. The van der Waals surface area contributed by atoms with Gasteiger partial charge in [0, 0.05) is 6.04 Å². The Morgan fingerprint density at radius 2 is 1.59 bits per heavy atom. The third-order valence-corrected chi connectivity index (χ3v) is 4.73. The zero-order chi connectivity index (χ0) is 14.1. The van der Waals surface area contributed by atoms with Gasteiger partial charge in [0.25, 0.3) is 0 Å². The molecule has 0 aromatic heterocycles. The molecule has 0 fully saturated rings. The van der Waals surface area contributed by atoms with Crippen molar-refractivity contribution in [3.63, 3.8) is 0 Å². The Hall–Kier alpha value is -0.620. The number of carboxylic acid groups (broad SMARTS) is 1. The molecule has 0 saturated carbocycles. The minimum atomic E-state index is -3.54. The number of carbonyl (C=O) groups is 1. The van der Waals surface area contributed by atoms with Gasteiger partial charge in [0.15, 0.2) is 0 Å². The van der Waals surface area contributed by atoms with E-state index in [1.54, 1.807) is 20.8 Å². The maximum Gasteiger partial charge on any atom is 0.304 e. The van der Waals surface area contributed by atoms with E-state index in [4.69, 9.17) is 5.11 Å². The molecule has 17 heavy (non-hydrogen) atoms. The average Bonchev–Trinajstić information content (AvgIpc) is 1.97. The monoisotopic (exact) mass is 265 g/mol. The Kier molecular flexibility index (Phi) is 4.76. The predicted octanol–water partition coefficient (Wildman–Crippen LogP) is 1.59. The molecule has 1 atom stereocenters. The van der Waals surface area contributed by atoms with Crippen molar-refractivity contribution in [1.82, 2.24) is 4.72 Å². The van der Waals surface area contributed by atoms with Crippen molar-refractivity contribution >= 4 is 16.0 Å². The van der Waals surface area contributed by atoms with Crippen molar-refractivity contribution in [3.05, 3.63) is 0 Å². The van der Waals surface area contributed by atoms with Gasteiger partial charge in [-0.05, 0) is 26.2 Å². The van der Waals surface area contributed by atoms with Gasteiger partial charge in [-0.1, -0.05) is 20.8 Å². The van der Waals surface area contributed by atoms with Gasteiger partial charge >= 0.3 is 5.97 Å². The van der Waals surface area contributed by atoms with Crippen LogP contribution in [0.3, 0.4) is 0 Å². The van der Waals surface area contributed by atoms with E-state index in [1.807, 2.05) is 20.8 Å². The number of hydrogen-bond donors (Lipinski definition) is 2. The number of rotatable bonds is 4. The van der Waals surface area contributed by atoms with Gasteiger partial charge in [0.1, 0.15) is 0 Å². The van der Waals surface area contributed by atoms with Crippen LogP contribution in [-0.4, -0.2) is 30.3 Å². The standard InChI is InChI=1S/C11H23NO4S/c1-10(2,3)8(7-9(13)14)12-17(15,16)11(4,5)6/h8,12H,7H2,1-6H3,(H,13,14)/t8-/m0/s1. The lowest BCUT2D eigenvalue weighted by Crippen LogP contribution is -2.50. The molecule has 2 N–H and O–H groups in total. The van der Waals surface area contributed by atoms with E-state index >= 15 is 0 Å². The van der Waals surface area contributed by atoms with Crippen LogP contribution in [0.15, 0.2) is 0 Å². The van der Waals surface area contributed by atoms with Gasteiger partial charge in [-0.25, -0.2) is 13.1 Å². The molecule has 6 heteroatoms. The summed E-state index contributed by atoms with van der Waals surface area (Å²) in [6.45, 7) is 10.2. The lowest BCUT2D eigenvalue weighted by atomic mass is 9.85. The van der Waals surface area contributed by atoms with Crippen molar-refractivity contribution in [2.24, 2.45) is 5.41 Å². The topological polar surface area (TPSA) is 83.5 Å². The summed E-state index contributed by atoms with van der Waals surface area (Å²) >= 11 is 0. The SMILES string of the molecule is CC(C)(C)[C@H](CC(=O)O)NS(=O)(=O)C(C)(C)C.